The zero-order valence-electron chi connectivity index (χ0n) is 17.9. The van der Waals surface area contributed by atoms with Crippen LogP contribution >= 0.6 is 0 Å². The molecular weight excluding hydrogens is 394 g/mol. The number of fused-ring (bicyclic) bond motifs is 1. The number of carbonyl (C=O) groups excluding carboxylic acids is 2. The normalized spacial score (nSPS) is 13.4. The van der Waals surface area contributed by atoms with Crippen LogP contribution in [-0.2, 0) is 11.3 Å². The molecule has 3 aromatic rings. The van der Waals surface area contributed by atoms with Gasteiger partial charge < -0.3 is 24.3 Å². The molecule has 0 saturated carbocycles. The number of likely N-dealkylation sites (tertiary alicyclic amines) is 1. The van der Waals surface area contributed by atoms with E-state index in [0.717, 1.165) is 36.8 Å². The van der Waals surface area contributed by atoms with Crippen LogP contribution < -0.4 is 14.8 Å². The molecule has 162 valence electrons. The molecule has 0 aliphatic carbocycles. The van der Waals surface area contributed by atoms with Crippen molar-refractivity contribution in [2.75, 3.05) is 32.6 Å². The molecular formula is C24H27N3O4. The molecule has 1 saturated heterocycles. The van der Waals surface area contributed by atoms with Crippen LogP contribution in [0.25, 0.3) is 10.9 Å². The summed E-state index contributed by atoms with van der Waals surface area (Å²) in [4.78, 5) is 27.7. The number of aryl methyl sites for hydroxylation is 1. The molecule has 1 aromatic heterocycles. The minimum Gasteiger partial charge on any atom is -0.493 e. The summed E-state index contributed by atoms with van der Waals surface area (Å²) in [5.74, 6) is 0.652. The van der Waals surface area contributed by atoms with Crippen molar-refractivity contribution in [3.63, 3.8) is 0 Å². The van der Waals surface area contributed by atoms with Gasteiger partial charge in [-0.25, -0.2) is 0 Å². The molecule has 7 heteroatoms. The Balaban J connectivity index is 1.54. The van der Waals surface area contributed by atoms with Gasteiger partial charge >= 0.3 is 0 Å². The van der Waals surface area contributed by atoms with Gasteiger partial charge in [0.1, 0.15) is 0 Å². The monoisotopic (exact) mass is 421 g/mol. The summed E-state index contributed by atoms with van der Waals surface area (Å²) in [5.41, 5.74) is 1.95. The maximum absolute atomic E-state index is 13.1. The summed E-state index contributed by atoms with van der Waals surface area (Å²) in [6.07, 6.45) is 4.25. The molecule has 0 atom stereocenters. The fourth-order valence-electron chi connectivity index (χ4n) is 4.02. The van der Waals surface area contributed by atoms with Gasteiger partial charge in [-0.1, -0.05) is 18.2 Å². The lowest BCUT2D eigenvalue weighted by molar-refractivity contribution is -0.116. The number of methoxy groups -OCH3 is 2. The molecule has 4 rings (SSSR count). The largest absolute Gasteiger partial charge is 0.493 e. The number of rotatable bonds is 7. The van der Waals surface area contributed by atoms with E-state index in [1.807, 2.05) is 41.4 Å². The Bertz CT molecular complexity index is 1100. The van der Waals surface area contributed by atoms with E-state index >= 15 is 0 Å². The van der Waals surface area contributed by atoms with Crippen LogP contribution in [0.1, 0.15) is 29.6 Å². The van der Waals surface area contributed by atoms with Gasteiger partial charge in [-0.3, -0.25) is 9.59 Å². The quantitative estimate of drug-likeness (QED) is 0.628. The number of carbonyl (C=O) groups is 2. The summed E-state index contributed by atoms with van der Waals surface area (Å²) >= 11 is 0. The maximum Gasteiger partial charge on any atom is 0.256 e. The van der Waals surface area contributed by atoms with Crippen LogP contribution in [0.3, 0.4) is 0 Å². The topological polar surface area (TPSA) is 72.8 Å². The van der Waals surface area contributed by atoms with Gasteiger partial charge in [0.25, 0.3) is 5.91 Å². The first-order valence-electron chi connectivity index (χ1n) is 10.5. The highest BCUT2D eigenvalue weighted by Gasteiger charge is 2.25. The molecule has 1 N–H and O–H groups in total. The maximum atomic E-state index is 13.1. The molecule has 31 heavy (non-hydrogen) atoms. The van der Waals surface area contributed by atoms with E-state index < -0.39 is 0 Å². The average Bonchev–Trinajstić information content (AvgIpc) is 3.47. The molecule has 1 aliphatic rings. The first kappa shape index (κ1) is 20.8. The van der Waals surface area contributed by atoms with Crippen molar-refractivity contribution in [2.24, 2.45) is 0 Å². The second-order valence-corrected chi connectivity index (χ2v) is 7.62. The first-order chi connectivity index (χ1) is 15.1. The van der Waals surface area contributed by atoms with E-state index in [-0.39, 0.29) is 18.2 Å². The number of hydrogen-bond donors (Lipinski definition) is 1. The van der Waals surface area contributed by atoms with Crippen LogP contribution in [0.2, 0.25) is 0 Å². The fraction of sp³-hybridized carbons (Fsp3) is 0.333. The summed E-state index contributed by atoms with van der Waals surface area (Å²) in [5, 5.41) is 4.06. The Labute approximate surface area is 181 Å². The number of hydrogen-bond acceptors (Lipinski definition) is 4. The van der Waals surface area contributed by atoms with E-state index in [2.05, 4.69) is 9.88 Å². The van der Waals surface area contributed by atoms with Gasteiger partial charge in [0.2, 0.25) is 5.91 Å². The van der Waals surface area contributed by atoms with Crippen molar-refractivity contribution >= 4 is 28.4 Å². The van der Waals surface area contributed by atoms with E-state index in [1.165, 1.54) is 14.2 Å². The average molecular weight is 421 g/mol. The lowest BCUT2D eigenvalue weighted by Gasteiger charge is -2.20. The molecule has 1 aliphatic heterocycles. The first-order valence-corrected chi connectivity index (χ1v) is 10.5. The zero-order chi connectivity index (χ0) is 21.8. The van der Waals surface area contributed by atoms with E-state index in [4.69, 9.17) is 9.47 Å². The number of para-hydroxylation sites is 1. The second-order valence-electron chi connectivity index (χ2n) is 7.62. The smallest absolute Gasteiger partial charge is 0.256 e. The molecule has 1 fully saturated rings. The number of anilines is 1. The molecule has 2 heterocycles. The number of nitrogens with one attached hydrogen (secondary N) is 1. The van der Waals surface area contributed by atoms with Crippen LogP contribution in [0.15, 0.2) is 48.7 Å². The minimum absolute atomic E-state index is 0.106. The van der Waals surface area contributed by atoms with Crippen LogP contribution in [-0.4, -0.2) is 48.6 Å². The van der Waals surface area contributed by atoms with Crippen molar-refractivity contribution in [3.8, 4) is 11.5 Å². The number of amides is 2. The van der Waals surface area contributed by atoms with E-state index in [1.54, 1.807) is 12.1 Å². The molecule has 0 bridgehead atoms. The SMILES string of the molecule is COc1cc(NC(=O)CCn2ccc3ccccc32)c(C(=O)N2CCCC2)cc1OC. The Kier molecular flexibility index (Phi) is 6.11. The summed E-state index contributed by atoms with van der Waals surface area (Å²) < 4.78 is 12.8. The van der Waals surface area contributed by atoms with Crippen molar-refractivity contribution in [3.05, 3.63) is 54.2 Å². The second kappa shape index (κ2) is 9.12. The lowest BCUT2D eigenvalue weighted by atomic mass is 10.1. The highest BCUT2D eigenvalue weighted by Crippen LogP contribution is 2.34. The highest BCUT2D eigenvalue weighted by atomic mass is 16.5. The number of benzene rings is 2. The van der Waals surface area contributed by atoms with E-state index in [9.17, 15) is 9.59 Å². The predicted octanol–water partition coefficient (Wildman–Crippen LogP) is 3.92. The summed E-state index contributed by atoms with van der Waals surface area (Å²) in [7, 11) is 3.06. The van der Waals surface area contributed by atoms with Gasteiger partial charge in [-0.2, -0.15) is 0 Å². The van der Waals surface area contributed by atoms with Gasteiger partial charge in [0, 0.05) is 43.8 Å². The third kappa shape index (κ3) is 4.35. The number of ether oxygens (including phenoxy) is 2. The van der Waals surface area contributed by atoms with Crippen molar-refractivity contribution in [1.82, 2.24) is 9.47 Å². The van der Waals surface area contributed by atoms with Gasteiger partial charge in [0.15, 0.2) is 11.5 Å². The van der Waals surface area contributed by atoms with Gasteiger partial charge in [-0.15, -0.1) is 0 Å². The van der Waals surface area contributed by atoms with Crippen LogP contribution in [0, 0.1) is 0 Å². The lowest BCUT2D eigenvalue weighted by Crippen LogP contribution is -2.29. The third-order valence-corrected chi connectivity index (χ3v) is 5.68. The Hall–Kier alpha value is -3.48. The van der Waals surface area contributed by atoms with Gasteiger partial charge in [-0.05, 0) is 36.4 Å². The van der Waals surface area contributed by atoms with Crippen LogP contribution in [0.5, 0.6) is 11.5 Å². The van der Waals surface area contributed by atoms with Gasteiger partial charge in [0.05, 0.1) is 25.5 Å². The number of aromatic nitrogens is 1. The standard InChI is InChI=1S/C24H27N3O4/c1-30-21-15-18(24(29)27-11-5-6-12-27)19(16-22(21)31-2)25-23(28)10-14-26-13-9-17-7-3-4-8-20(17)26/h3-4,7-9,13,15-16H,5-6,10-12,14H2,1-2H3,(H,25,28). The number of nitrogens with zero attached hydrogens (tertiary/aromatic N) is 2. The Morgan fingerprint density at radius 2 is 1.71 bits per heavy atom. The Morgan fingerprint density at radius 1 is 1.00 bits per heavy atom. The fourth-order valence-corrected chi connectivity index (χ4v) is 4.02. The minimum atomic E-state index is -0.166. The zero-order valence-corrected chi connectivity index (χ0v) is 17.9. The molecule has 7 nitrogen and oxygen atoms in total. The summed E-state index contributed by atoms with van der Waals surface area (Å²) in [6, 6.07) is 13.4. The van der Waals surface area contributed by atoms with Crippen LogP contribution in [0.4, 0.5) is 5.69 Å². The van der Waals surface area contributed by atoms with Crippen molar-refractivity contribution in [2.45, 2.75) is 25.8 Å². The third-order valence-electron chi connectivity index (χ3n) is 5.68. The van der Waals surface area contributed by atoms with Crippen molar-refractivity contribution < 1.29 is 19.1 Å². The highest BCUT2D eigenvalue weighted by molar-refractivity contribution is 6.04. The Morgan fingerprint density at radius 3 is 2.45 bits per heavy atom. The summed E-state index contributed by atoms with van der Waals surface area (Å²) in [6.45, 7) is 1.99. The van der Waals surface area contributed by atoms with Crippen molar-refractivity contribution in [1.29, 1.82) is 0 Å². The molecule has 0 radical (unpaired) electrons. The predicted molar refractivity (Wildman–Crippen MR) is 120 cm³/mol. The molecule has 0 unspecified atom stereocenters. The van der Waals surface area contributed by atoms with E-state index in [0.29, 0.717) is 29.3 Å². The molecule has 2 amide bonds. The molecule has 2 aromatic carbocycles. The molecule has 0 spiro atoms.